The summed E-state index contributed by atoms with van der Waals surface area (Å²) < 4.78 is 0.463. The third-order valence-electron chi connectivity index (χ3n) is 2.30. The van der Waals surface area contributed by atoms with E-state index in [2.05, 4.69) is 21.0 Å². The number of pyridine rings is 1. The van der Waals surface area contributed by atoms with E-state index in [1.54, 1.807) is 6.20 Å². The molecule has 2 aromatic heterocycles. The predicted octanol–water partition coefficient (Wildman–Crippen LogP) is 2.84. The summed E-state index contributed by atoms with van der Waals surface area (Å²) in [7, 11) is 0. The minimum Gasteiger partial charge on any atom is -0.315 e. The Hall–Kier alpha value is -1.81. The number of nitrogens with zero attached hydrogens (tertiary/aromatic N) is 2. The minimum absolute atomic E-state index is 0.463. The van der Waals surface area contributed by atoms with Crippen molar-refractivity contribution < 1.29 is 0 Å². The molecule has 3 aromatic rings. The molecule has 1 N–H and O–H groups in total. The first-order valence-electron chi connectivity index (χ1n) is 4.58. The largest absolute Gasteiger partial charge is 0.315 e. The van der Waals surface area contributed by atoms with Gasteiger partial charge in [-0.2, -0.15) is 0 Å². The number of benzene rings is 1. The lowest BCUT2D eigenvalue weighted by molar-refractivity contribution is 1.16. The molecule has 15 heavy (non-hydrogen) atoms. The van der Waals surface area contributed by atoms with Gasteiger partial charge in [-0.1, -0.05) is 18.2 Å². The number of fused-ring (bicyclic) bond motifs is 2. The van der Waals surface area contributed by atoms with Crippen LogP contribution >= 0.6 is 12.2 Å². The van der Waals surface area contributed by atoms with Gasteiger partial charge in [-0.15, -0.1) is 0 Å². The summed E-state index contributed by atoms with van der Waals surface area (Å²) in [6.45, 7) is 0. The molecule has 0 spiro atoms. The van der Waals surface area contributed by atoms with Gasteiger partial charge in [0, 0.05) is 17.0 Å². The average Bonchev–Trinajstić information content (AvgIpc) is 2.26. The standard InChI is InChI=1S/C11H7N3S/c15-11-12-6-8-5-7-3-1-2-4-9(7)13-10(8)14-11/h1-6H,(H,12,13,14,15). The molecule has 0 saturated carbocycles. The third-order valence-corrected chi connectivity index (χ3v) is 2.51. The van der Waals surface area contributed by atoms with E-state index < -0.39 is 0 Å². The Balaban J connectivity index is 2.53. The predicted molar refractivity (Wildman–Crippen MR) is 62.2 cm³/mol. The van der Waals surface area contributed by atoms with Crippen LogP contribution in [0.3, 0.4) is 0 Å². The van der Waals surface area contributed by atoms with E-state index in [9.17, 15) is 0 Å². The summed E-state index contributed by atoms with van der Waals surface area (Å²) in [6, 6.07) is 10.0. The van der Waals surface area contributed by atoms with Gasteiger partial charge >= 0.3 is 0 Å². The molecule has 0 radical (unpaired) electrons. The van der Waals surface area contributed by atoms with Crippen molar-refractivity contribution in [1.29, 1.82) is 0 Å². The van der Waals surface area contributed by atoms with Crippen molar-refractivity contribution in [2.24, 2.45) is 0 Å². The topological polar surface area (TPSA) is 41.6 Å². The van der Waals surface area contributed by atoms with Crippen LogP contribution in [0, 0.1) is 4.77 Å². The number of hydrogen-bond acceptors (Lipinski definition) is 3. The van der Waals surface area contributed by atoms with E-state index in [0.717, 1.165) is 21.9 Å². The average molecular weight is 213 g/mol. The Morgan fingerprint density at radius 3 is 2.93 bits per heavy atom. The molecule has 0 bridgehead atoms. The second kappa shape index (κ2) is 3.10. The van der Waals surface area contributed by atoms with Gasteiger partial charge in [0.2, 0.25) is 0 Å². The Morgan fingerprint density at radius 2 is 2.00 bits per heavy atom. The summed E-state index contributed by atoms with van der Waals surface area (Å²) in [4.78, 5) is 11.5. The first-order valence-corrected chi connectivity index (χ1v) is 4.98. The van der Waals surface area contributed by atoms with Crippen LogP contribution in [-0.4, -0.2) is 15.0 Å². The molecule has 0 aliphatic carbocycles. The molecule has 72 valence electrons. The van der Waals surface area contributed by atoms with E-state index in [1.165, 1.54) is 0 Å². The molecule has 0 unspecified atom stereocenters. The fourth-order valence-electron chi connectivity index (χ4n) is 1.59. The molecule has 4 heteroatoms. The highest BCUT2D eigenvalue weighted by molar-refractivity contribution is 7.71. The van der Waals surface area contributed by atoms with Gasteiger partial charge in [0.15, 0.2) is 4.77 Å². The highest BCUT2D eigenvalue weighted by Crippen LogP contribution is 2.16. The second-order valence-corrected chi connectivity index (χ2v) is 3.69. The van der Waals surface area contributed by atoms with E-state index in [1.807, 2.05) is 24.3 Å². The Bertz CT molecular complexity index is 703. The molecule has 0 atom stereocenters. The number of H-pyrrole nitrogens is 1. The number of nitrogens with one attached hydrogen (secondary N) is 1. The van der Waals surface area contributed by atoms with Crippen molar-refractivity contribution in [2.75, 3.05) is 0 Å². The van der Waals surface area contributed by atoms with Gasteiger partial charge < -0.3 is 4.98 Å². The van der Waals surface area contributed by atoms with Crippen molar-refractivity contribution in [2.45, 2.75) is 0 Å². The summed E-state index contributed by atoms with van der Waals surface area (Å²) >= 11 is 4.96. The third kappa shape index (κ3) is 1.39. The summed E-state index contributed by atoms with van der Waals surface area (Å²) in [5.41, 5.74) is 1.75. The molecular weight excluding hydrogens is 206 g/mol. The second-order valence-electron chi connectivity index (χ2n) is 3.31. The van der Waals surface area contributed by atoms with Gasteiger partial charge in [0.05, 0.1) is 5.52 Å². The maximum atomic E-state index is 4.96. The lowest BCUT2D eigenvalue weighted by Gasteiger charge is -1.99. The zero-order valence-electron chi connectivity index (χ0n) is 7.77. The Kier molecular flexibility index (Phi) is 1.76. The highest BCUT2D eigenvalue weighted by Gasteiger charge is 1.98. The Morgan fingerprint density at radius 1 is 1.13 bits per heavy atom. The van der Waals surface area contributed by atoms with Crippen LogP contribution < -0.4 is 0 Å². The number of hydrogen-bond donors (Lipinski definition) is 1. The van der Waals surface area contributed by atoms with E-state index in [-0.39, 0.29) is 0 Å². The summed E-state index contributed by atoms with van der Waals surface area (Å²) in [6.07, 6.45) is 1.74. The maximum absolute atomic E-state index is 4.96. The van der Waals surface area contributed by atoms with Gasteiger partial charge in [-0.25, -0.2) is 9.97 Å². The van der Waals surface area contributed by atoms with Crippen molar-refractivity contribution in [3.8, 4) is 0 Å². The number of aromatic nitrogens is 3. The Labute approximate surface area is 90.8 Å². The van der Waals surface area contributed by atoms with E-state index in [0.29, 0.717) is 4.77 Å². The normalized spacial score (nSPS) is 10.9. The lowest BCUT2D eigenvalue weighted by Crippen LogP contribution is -1.88. The van der Waals surface area contributed by atoms with E-state index in [4.69, 9.17) is 12.2 Å². The summed E-state index contributed by atoms with van der Waals surface area (Å²) in [5, 5.41) is 2.08. The van der Waals surface area contributed by atoms with Gasteiger partial charge in [-0.05, 0) is 24.4 Å². The van der Waals surface area contributed by atoms with Gasteiger partial charge in [0.25, 0.3) is 0 Å². The van der Waals surface area contributed by atoms with Gasteiger partial charge in [0.1, 0.15) is 5.65 Å². The number of rotatable bonds is 0. The van der Waals surface area contributed by atoms with Gasteiger partial charge in [-0.3, -0.25) is 0 Å². The maximum Gasteiger partial charge on any atom is 0.198 e. The van der Waals surface area contributed by atoms with E-state index >= 15 is 0 Å². The zero-order valence-corrected chi connectivity index (χ0v) is 8.58. The molecule has 0 amide bonds. The van der Waals surface area contributed by atoms with Crippen LogP contribution in [0.15, 0.2) is 36.5 Å². The molecule has 0 aliphatic heterocycles. The fourth-order valence-corrected chi connectivity index (χ4v) is 1.74. The summed E-state index contributed by atoms with van der Waals surface area (Å²) in [5.74, 6) is 0. The van der Waals surface area contributed by atoms with Crippen molar-refractivity contribution in [3.05, 3.63) is 41.3 Å². The molecule has 0 saturated heterocycles. The van der Waals surface area contributed by atoms with Crippen LogP contribution in [0.2, 0.25) is 0 Å². The number of aromatic amines is 1. The lowest BCUT2D eigenvalue weighted by atomic mass is 10.2. The molecule has 0 fully saturated rings. The van der Waals surface area contributed by atoms with Crippen LogP contribution in [0.5, 0.6) is 0 Å². The monoisotopic (exact) mass is 213 g/mol. The van der Waals surface area contributed by atoms with Crippen molar-refractivity contribution >= 4 is 34.2 Å². The quantitative estimate of drug-likeness (QED) is 0.461. The molecule has 0 aliphatic rings. The fraction of sp³-hybridized carbons (Fsp3) is 0. The van der Waals surface area contributed by atoms with Crippen LogP contribution in [0.1, 0.15) is 0 Å². The highest BCUT2D eigenvalue weighted by atomic mass is 32.1. The first kappa shape index (κ1) is 8.49. The van der Waals surface area contributed by atoms with Crippen molar-refractivity contribution in [1.82, 2.24) is 15.0 Å². The van der Waals surface area contributed by atoms with Crippen molar-refractivity contribution in [3.63, 3.8) is 0 Å². The van der Waals surface area contributed by atoms with Crippen LogP contribution in [0.4, 0.5) is 0 Å². The minimum atomic E-state index is 0.463. The van der Waals surface area contributed by atoms with Crippen LogP contribution in [-0.2, 0) is 0 Å². The zero-order chi connectivity index (χ0) is 10.3. The molecule has 1 aromatic carbocycles. The SMILES string of the molecule is S=c1ncc2cc3ccccc3nc2[nH]1. The molecule has 2 heterocycles. The smallest absolute Gasteiger partial charge is 0.198 e. The number of para-hydroxylation sites is 1. The first-order chi connectivity index (χ1) is 7.33. The molecule has 3 rings (SSSR count). The molecule has 3 nitrogen and oxygen atoms in total. The molecular formula is C11H7N3S. The van der Waals surface area contributed by atoms with Crippen LogP contribution in [0.25, 0.3) is 21.9 Å².